The van der Waals surface area contributed by atoms with Crippen LogP contribution in [0.3, 0.4) is 0 Å². The predicted octanol–water partition coefficient (Wildman–Crippen LogP) is 4.99. The van der Waals surface area contributed by atoms with E-state index < -0.39 is 21.6 Å². The lowest BCUT2D eigenvalue weighted by Gasteiger charge is -2.11. The second-order valence-electron chi connectivity index (χ2n) is 7.01. The normalized spacial score (nSPS) is 11.6. The summed E-state index contributed by atoms with van der Waals surface area (Å²) in [6.45, 7) is 3.43. The van der Waals surface area contributed by atoms with Crippen LogP contribution >= 0.6 is 0 Å². The van der Waals surface area contributed by atoms with E-state index >= 15 is 0 Å². The Bertz CT molecular complexity index is 1390. The molecule has 4 rings (SSSR count). The number of carbonyl (C=O) groups excluding carboxylic acids is 1. The average Bonchev–Trinajstić information content (AvgIpc) is 3.17. The fourth-order valence-electron chi connectivity index (χ4n) is 3.23. The Kier molecular flexibility index (Phi) is 5.32. The average molecular weight is 438 g/mol. The molecule has 0 aliphatic heterocycles. The molecule has 1 N–H and O–H groups in total. The maximum atomic E-state index is 13.2. The Morgan fingerprint density at radius 3 is 2.55 bits per heavy atom. The maximum Gasteiger partial charge on any atom is 0.255 e. The molecule has 0 saturated heterocycles. The van der Waals surface area contributed by atoms with Gasteiger partial charge in [-0.05, 0) is 61.0 Å². The van der Waals surface area contributed by atoms with Crippen molar-refractivity contribution in [2.75, 3.05) is 11.1 Å². The molecule has 4 aromatic rings. The van der Waals surface area contributed by atoms with Crippen LogP contribution in [0.25, 0.3) is 22.6 Å². The number of hydrogen-bond acceptors (Lipinski definition) is 5. The van der Waals surface area contributed by atoms with Crippen molar-refractivity contribution >= 4 is 32.5 Å². The SMILES string of the molecule is CCS(=O)(=O)c1ccc2oc(-c3c(C)cccc3NC(=O)c3ccc(F)cc3)nc2c1. The lowest BCUT2D eigenvalue weighted by molar-refractivity contribution is 0.102. The van der Waals surface area contributed by atoms with E-state index in [0.717, 1.165) is 5.56 Å². The number of aromatic nitrogens is 1. The zero-order valence-corrected chi connectivity index (χ0v) is 17.7. The van der Waals surface area contributed by atoms with Gasteiger partial charge in [0, 0.05) is 5.56 Å². The molecule has 0 bridgehead atoms. The number of rotatable bonds is 5. The van der Waals surface area contributed by atoms with Gasteiger partial charge in [0.1, 0.15) is 11.3 Å². The van der Waals surface area contributed by atoms with E-state index in [9.17, 15) is 17.6 Å². The molecular weight excluding hydrogens is 419 g/mol. The van der Waals surface area contributed by atoms with E-state index in [2.05, 4.69) is 10.3 Å². The smallest absolute Gasteiger partial charge is 0.255 e. The molecule has 0 fully saturated rings. The predicted molar refractivity (Wildman–Crippen MR) is 116 cm³/mol. The van der Waals surface area contributed by atoms with Crippen molar-refractivity contribution in [2.45, 2.75) is 18.7 Å². The van der Waals surface area contributed by atoms with Crippen LogP contribution in [0.2, 0.25) is 0 Å². The Hall–Kier alpha value is -3.52. The largest absolute Gasteiger partial charge is 0.436 e. The molecule has 0 radical (unpaired) electrons. The summed E-state index contributed by atoms with van der Waals surface area (Å²) in [6.07, 6.45) is 0. The zero-order valence-electron chi connectivity index (χ0n) is 16.8. The van der Waals surface area contributed by atoms with Crippen molar-refractivity contribution in [3.63, 3.8) is 0 Å². The molecule has 1 aromatic heterocycles. The monoisotopic (exact) mass is 438 g/mol. The minimum Gasteiger partial charge on any atom is -0.436 e. The lowest BCUT2D eigenvalue weighted by Crippen LogP contribution is -2.13. The fraction of sp³-hybridized carbons (Fsp3) is 0.130. The lowest BCUT2D eigenvalue weighted by atomic mass is 10.1. The van der Waals surface area contributed by atoms with Gasteiger partial charge in [-0.25, -0.2) is 17.8 Å². The number of halogens is 1. The van der Waals surface area contributed by atoms with Gasteiger partial charge in [0.05, 0.1) is 21.9 Å². The van der Waals surface area contributed by atoms with Crippen LogP contribution in [0.15, 0.2) is 70.0 Å². The summed E-state index contributed by atoms with van der Waals surface area (Å²) >= 11 is 0. The summed E-state index contributed by atoms with van der Waals surface area (Å²) in [4.78, 5) is 17.3. The van der Waals surface area contributed by atoms with E-state index in [0.29, 0.717) is 27.9 Å². The van der Waals surface area contributed by atoms with Gasteiger partial charge in [-0.1, -0.05) is 19.1 Å². The molecule has 0 saturated carbocycles. The third-order valence-corrected chi connectivity index (χ3v) is 6.67. The first-order valence-electron chi connectivity index (χ1n) is 9.59. The van der Waals surface area contributed by atoms with Gasteiger partial charge in [0.2, 0.25) is 5.89 Å². The molecule has 0 spiro atoms. The number of aryl methyl sites for hydroxylation is 1. The number of fused-ring (bicyclic) bond motifs is 1. The number of hydrogen-bond donors (Lipinski definition) is 1. The van der Waals surface area contributed by atoms with E-state index in [-0.39, 0.29) is 16.5 Å². The van der Waals surface area contributed by atoms with Gasteiger partial charge in [-0.3, -0.25) is 4.79 Å². The van der Waals surface area contributed by atoms with Gasteiger partial charge >= 0.3 is 0 Å². The maximum absolute atomic E-state index is 13.2. The second kappa shape index (κ2) is 7.96. The standard InChI is InChI=1S/C23H19FN2O4S/c1-3-31(28,29)17-11-12-20-19(13-17)26-23(30-20)21-14(2)5-4-6-18(21)25-22(27)15-7-9-16(24)10-8-15/h4-13H,3H2,1-2H3,(H,25,27). The number of oxazole rings is 1. The quantitative estimate of drug-likeness (QED) is 0.474. The van der Waals surface area contributed by atoms with Crippen LogP contribution < -0.4 is 5.32 Å². The molecular formula is C23H19FN2O4S. The minimum atomic E-state index is -3.38. The van der Waals surface area contributed by atoms with Crippen molar-refractivity contribution in [2.24, 2.45) is 0 Å². The molecule has 0 aliphatic carbocycles. The Labute approximate surface area is 178 Å². The highest BCUT2D eigenvalue weighted by Crippen LogP contribution is 2.34. The molecule has 0 atom stereocenters. The molecule has 158 valence electrons. The Balaban J connectivity index is 1.75. The summed E-state index contributed by atoms with van der Waals surface area (Å²) in [7, 11) is -3.38. The summed E-state index contributed by atoms with van der Waals surface area (Å²) in [6, 6.07) is 15.1. The highest BCUT2D eigenvalue weighted by atomic mass is 32.2. The van der Waals surface area contributed by atoms with E-state index in [4.69, 9.17) is 4.42 Å². The van der Waals surface area contributed by atoms with Crippen molar-refractivity contribution in [3.8, 4) is 11.5 Å². The van der Waals surface area contributed by atoms with Gasteiger partial charge in [-0.2, -0.15) is 0 Å². The van der Waals surface area contributed by atoms with Crippen molar-refractivity contribution < 1.29 is 22.0 Å². The molecule has 0 unspecified atom stereocenters. The van der Waals surface area contributed by atoms with Gasteiger partial charge in [0.15, 0.2) is 15.4 Å². The number of nitrogens with one attached hydrogen (secondary N) is 1. The number of anilines is 1. The molecule has 8 heteroatoms. The second-order valence-corrected chi connectivity index (χ2v) is 9.29. The summed E-state index contributed by atoms with van der Waals surface area (Å²) < 4.78 is 43.4. The van der Waals surface area contributed by atoms with Crippen LogP contribution in [-0.2, 0) is 9.84 Å². The molecule has 0 aliphatic rings. The van der Waals surface area contributed by atoms with Gasteiger partial charge in [0.25, 0.3) is 5.91 Å². The first-order valence-corrected chi connectivity index (χ1v) is 11.2. The Morgan fingerprint density at radius 2 is 1.84 bits per heavy atom. The molecule has 31 heavy (non-hydrogen) atoms. The van der Waals surface area contributed by atoms with Crippen molar-refractivity contribution in [1.29, 1.82) is 0 Å². The zero-order chi connectivity index (χ0) is 22.2. The first kappa shape index (κ1) is 20.7. The van der Waals surface area contributed by atoms with Gasteiger partial charge < -0.3 is 9.73 Å². The first-order chi connectivity index (χ1) is 14.8. The molecule has 1 amide bonds. The number of carbonyl (C=O) groups is 1. The minimum absolute atomic E-state index is 0.0133. The Morgan fingerprint density at radius 1 is 1.10 bits per heavy atom. The number of nitrogens with zero attached hydrogens (tertiary/aromatic N) is 1. The van der Waals surface area contributed by atoms with Crippen LogP contribution in [-0.4, -0.2) is 25.1 Å². The topological polar surface area (TPSA) is 89.3 Å². The summed E-state index contributed by atoms with van der Waals surface area (Å²) in [5.41, 5.74) is 3.01. The van der Waals surface area contributed by atoms with Crippen LogP contribution in [0.1, 0.15) is 22.8 Å². The highest BCUT2D eigenvalue weighted by molar-refractivity contribution is 7.91. The van der Waals surface area contributed by atoms with E-state index in [1.807, 2.05) is 13.0 Å². The summed E-state index contributed by atoms with van der Waals surface area (Å²) in [5.74, 6) is -0.586. The van der Waals surface area contributed by atoms with E-state index in [1.54, 1.807) is 25.1 Å². The van der Waals surface area contributed by atoms with Crippen molar-refractivity contribution in [1.82, 2.24) is 4.98 Å². The number of amides is 1. The van der Waals surface area contributed by atoms with Gasteiger partial charge in [-0.15, -0.1) is 0 Å². The number of sulfone groups is 1. The fourth-order valence-corrected chi connectivity index (χ4v) is 4.13. The number of benzene rings is 3. The van der Waals surface area contributed by atoms with Crippen LogP contribution in [0.5, 0.6) is 0 Å². The van der Waals surface area contributed by atoms with Crippen molar-refractivity contribution in [3.05, 3.63) is 77.6 Å². The third-order valence-electron chi connectivity index (χ3n) is 4.94. The molecule has 1 heterocycles. The molecule has 3 aromatic carbocycles. The molecule has 6 nitrogen and oxygen atoms in total. The van der Waals surface area contributed by atoms with E-state index in [1.165, 1.54) is 36.4 Å². The summed E-state index contributed by atoms with van der Waals surface area (Å²) in [5, 5.41) is 2.82. The van der Waals surface area contributed by atoms with Crippen LogP contribution in [0, 0.1) is 12.7 Å². The van der Waals surface area contributed by atoms with Crippen LogP contribution in [0.4, 0.5) is 10.1 Å². The highest BCUT2D eigenvalue weighted by Gasteiger charge is 2.19. The third kappa shape index (κ3) is 4.06.